The van der Waals surface area contributed by atoms with Crippen LogP contribution in [0.4, 0.5) is 0 Å². The van der Waals surface area contributed by atoms with Gasteiger partial charge in [0.1, 0.15) is 0 Å². The molecule has 0 fully saturated rings. The van der Waals surface area contributed by atoms with Gasteiger partial charge in [0.05, 0.1) is 12.7 Å². The molecule has 4 unspecified atom stereocenters. The van der Waals surface area contributed by atoms with Crippen LogP contribution in [0.3, 0.4) is 0 Å². The number of ether oxygens (including phenoxy) is 1. The molecule has 0 radical (unpaired) electrons. The summed E-state index contributed by atoms with van der Waals surface area (Å²) in [6, 6.07) is 0. The summed E-state index contributed by atoms with van der Waals surface area (Å²) in [6.45, 7) is 8.08. The monoisotopic (exact) mass is 524 g/mol. The molecule has 0 heterocycles. The molecule has 4 atom stereocenters. The van der Waals surface area contributed by atoms with E-state index in [2.05, 4.69) is 13.8 Å². The number of hydrogen-bond donors (Lipinski definition) is 2. The van der Waals surface area contributed by atoms with Gasteiger partial charge in [-0.2, -0.15) is 11.8 Å². The fourth-order valence-corrected chi connectivity index (χ4v) is 6.45. The summed E-state index contributed by atoms with van der Waals surface area (Å²) in [6.07, 6.45) is 18.5. The van der Waals surface area contributed by atoms with Crippen LogP contribution in [0.1, 0.15) is 130 Å². The Bertz CT molecular complexity index is 533. The number of unbranched alkanes of at least 4 members (excludes halogenated alkanes) is 12. The zero-order valence-corrected chi connectivity index (χ0v) is 24.1. The summed E-state index contributed by atoms with van der Waals surface area (Å²) in [5.74, 6) is -2.29. The first kappa shape index (κ1) is 33.9. The van der Waals surface area contributed by atoms with E-state index in [0.717, 1.165) is 37.9 Å². The Morgan fingerprint density at radius 2 is 1.32 bits per heavy atom. The van der Waals surface area contributed by atoms with Crippen molar-refractivity contribution in [2.24, 2.45) is 0 Å². The zero-order valence-electron chi connectivity index (χ0n) is 22.3. The predicted octanol–water partition coefficient (Wildman–Crippen LogP) is 8.41. The van der Waals surface area contributed by atoms with Crippen molar-refractivity contribution in [3.63, 3.8) is 0 Å². The molecule has 0 bridgehead atoms. The third kappa shape index (κ3) is 17.4. The first-order valence-electron chi connectivity index (χ1n) is 13.8. The van der Waals surface area contributed by atoms with Crippen molar-refractivity contribution in [1.29, 1.82) is 0 Å². The Morgan fingerprint density at radius 3 is 1.82 bits per heavy atom. The number of carbonyl (C=O) groups is 1. The SMILES string of the molecule is CCCCCCCCCCCCSC(CCCCCC)C(C)OC(C(=O)O)P(=O)(O)OCCC. The van der Waals surface area contributed by atoms with Crippen LogP contribution in [0.15, 0.2) is 0 Å². The molecule has 8 heteroatoms. The number of rotatable bonds is 25. The molecule has 204 valence electrons. The molecule has 0 aromatic rings. The van der Waals surface area contributed by atoms with E-state index in [1.54, 1.807) is 6.92 Å². The highest BCUT2D eigenvalue weighted by Crippen LogP contribution is 2.49. The molecular formula is C26H53O6PS. The first-order chi connectivity index (χ1) is 16.3. The maximum Gasteiger partial charge on any atom is 0.368 e. The fraction of sp³-hybridized carbons (Fsp3) is 0.962. The number of aliphatic carboxylic acids is 1. The highest BCUT2D eigenvalue weighted by molar-refractivity contribution is 7.99. The lowest BCUT2D eigenvalue weighted by molar-refractivity contribution is -0.148. The second-order valence-corrected chi connectivity index (χ2v) is 12.6. The lowest BCUT2D eigenvalue weighted by Crippen LogP contribution is -2.34. The Hall–Kier alpha value is -0.0700. The van der Waals surface area contributed by atoms with Crippen LogP contribution in [-0.2, 0) is 18.6 Å². The minimum Gasteiger partial charge on any atom is -0.479 e. The van der Waals surface area contributed by atoms with Crippen LogP contribution in [0.2, 0.25) is 0 Å². The molecule has 0 saturated carbocycles. The van der Waals surface area contributed by atoms with Gasteiger partial charge >= 0.3 is 13.6 Å². The lowest BCUT2D eigenvalue weighted by atomic mass is 10.1. The third-order valence-electron chi connectivity index (χ3n) is 6.03. The van der Waals surface area contributed by atoms with E-state index in [1.165, 1.54) is 64.2 Å². The first-order valence-corrected chi connectivity index (χ1v) is 16.5. The summed E-state index contributed by atoms with van der Waals surface area (Å²) in [7, 11) is -4.39. The average Bonchev–Trinajstić information content (AvgIpc) is 2.80. The fourth-order valence-electron chi connectivity index (χ4n) is 3.91. The van der Waals surface area contributed by atoms with Crippen molar-refractivity contribution in [3.8, 4) is 0 Å². The summed E-state index contributed by atoms with van der Waals surface area (Å²) in [4.78, 5) is 21.8. The summed E-state index contributed by atoms with van der Waals surface area (Å²) < 4.78 is 23.1. The number of carboxylic acids is 1. The molecule has 0 aromatic carbocycles. The predicted molar refractivity (Wildman–Crippen MR) is 145 cm³/mol. The Kier molecular flexibility index (Phi) is 22.1. The van der Waals surface area contributed by atoms with Gasteiger partial charge in [-0.15, -0.1) is 0 Å². The third-order valence-corrected chi connectivity index (χ3v) is 9.09. The molecule has 6 nitrogen and oxygen atoms in total. The standard InChI is InChI=1S/C26H53O6PS/c1-5-8-10-12-13-14-15-16-17-19-22-34-24(20-18-11-9-6-2)23(4)32-26(25(27)28)33(29,30)31-21-7-3/h23-24,26H,5-22H2,1-4H3,(H,27,28)(H,29,30). The van der Waals surface area contributed by atoms with Crippen LogP contribution in [0.25, 0.3) is 0 Å². The van der Waals surface area contributed by atoms with Crippen LogP contribution < -0.4 is 0 Å². The molecule has 0 aliphatic carbocycles. The maximum absolute atomic E-state index is 12.5. The highest BCUT2D eigenvalue weighted by atomic mass is 32.2. The Balaban J connectivity index is 4.57. The van der Waals surface area contributed by atoms with Crippen LogP contribution in [0, 0.1) is 0 Å². The number of thioether (sulfide) groups is 1. The van der Waals surface area contributed by atoms with E-state index in [-0.39, 0.29) is 11.9 Å². The van der Waals surface area contributed by atoms with Gasteiger partial charge < -0.3 is 19.3 Å². The van der Waals surface area contributed by atoms with E-state index in [1.807, 2.05) is 18.7 Å². The van der Waals surface area contributed by atoms with Gasteiger partial charge in [0.15, 0.2) is 0 Å². The molecule has 0 aliphatic rings. The van der Waals surface area contributed by atoms with Crippen molar-refractivity contribution >= 4 is 25.3 Å². The van der Waals surface area contributed by atoms with Crippen LogP contribution in [0.5, 0.6) is 0 Å². The number of hydrogen-bond acceptors (Lipinski definition) is 5. The van der Waals surface area contributed by atoms with E-state index in [9.17, 15) is 19.4 Å². The highest BCUT2D eigenvalue weighted by Gasteiger charge is 2.42. The van der Waals surface area contributed by atoms with Crippen LogP contribution in [-0.4, -0.2) is 45.5 Å². The van der Waals surface area contributed by atoms with Gasteiger partial charge in [-0.25, -0.2) is 4.79 Å². The van der Waals surface area contributed by atoms with Gasteiger partial charge in [0.25, 0.3) is 5.85 Å². The molecule has 0 aliphatic heterocycles. The maximum atomic E-state index is 12.5. The molecule has 34 heavy (non-hydrogen) atoms. The van der Waals surface area contributed by atoms with Crippen molar-refractivity contribution in [2.75, 3.05) is 12.4 Å². The summed E-state index contributed by atoms with van der Waals surface area (Å²) in [5.41, 5.74) is 0. The molecule has 2 N–H and O–H groups in total. The van der Waals surface area contributed by atoms with Gasteiger partial charge in [-0.05, 0) is 31.9 Å². The quantitative estimate of drug-likeness (QED) is 0.0914. The van der Waals surface area contributed by atoms with Crippen molar-refractivity contribution in [2.45, 2.75) is 148 Å². The molecule has 0 amide bonds. The second kappa shape index (κ2) is 22.2. The topological polar surface area (TPSA) is 93.1 Å². The Labute approximate surface area is 213 Å². The number of carboxylic acid groups (broad SMARTS) is 1. The summed E-state index contributed by atoms with van der Waals surface area (Å²) >= 11 is 1.82. The minimum atomic E-state index is -4.39. The van der Waals surface area contributed by atoms with Crippen LogP contribution >= 0.6 is 19.4 Å². The van der Waals surface area contributed by atoms with Gasteiger partial charge in [-0.1, -0.05) is 104 Å². The second-order valence-electron chi connectivity index (χ2n) is 9.37. The van der Waals surface area contributed by atoms with E-state index in [0.29, 0.717) is 6.42 Å². The molecule has 0 aromatic heterocycles. The van der Waals surface area contributed by atoms with Gasteiger partial charge in [0, 0.05) is 5.25 Å². The largest absolute Gasteiger partial charge is 0.479 e. The zero-order chi connectivity index (χ0) is 25.7. The molecule has 0 rings (SSSR count). The van der Waals surface area contributed by atoms with E-state index in [4.69, 9.17) is 9.26 Å². The summed E-state index contributed by atoms with van der Waals surface area (Å²) in [5, 5.41) is 9.62. The minimum absolute atomic E-state index is 0.0310. The Morgan fingerprint density at radius 1 is 0.824 bits per heavy atom. The van der Waals surface area contributed by atoms with Gasteiger partial charge in [0.2, 0.25) is 0 Å². The van der Waals surface area contributed by atoms with E-state index >= 15 is 0 Å². The van der Waals surface area contributed by atoms with Gasteiger partial charge in [-0.3, -0.25) is 4.57 Å². The lowest BCUT2D eigenvalue weighted by Gasteiger charge is -2.28. The van der Waals surface area contributed by atoms with E-state index < -0.39 is 25.5 Å². The van der Waals surface area contributed by atoms with Crippen molar-refractivity contribution < 1.29 is 28.6 Å². The normalized spacial score (nSPS) is 16.1. The average molecular weight is 525 g/mol. The van der Waals surface area contributed by atoms with Crippen molar-refractivity contribution in [3.05, 3.63) is 0 Å². The van der Waals surface area contributed by atoms with Crippen molar-refractivity contribution in [1.82, 2.24) is 0 Å². The molecule has 0 spiro atoms. The molecular weight excluding hydrogens is 471 g/mol. The smallest absolute Gasteiger partial charge is 0.368 e. The molecule has 0 saturated heterocycles.